The van der Waals surface area contributed by atoms with Gasteiger partial charge < -0.3 is 15.0 Å². The van der Waals surface area contributed by atoms with Gasteiger partial charge in [-0.1, -0.05) is 32.0 Å². The first-order valence-electron chi connectivity index (χ1n) is 10.9. The number of nitrogens with one attached hydrogen (secondary N) is 5. The number of H-pyrrole nitrogens is 1. The highest BCUT2D eigenvalue weighted by molar-refractivity contribution is 5.91. The third-order valence-electron chi connectivity index (χ3n) is 5.39. The average Bonchev–Trinajstić information content (AvgIpc) is 3.08. The molecule has 0 unspecified atom stereocenters. The van der Waals surface area contributed by atoms with Crippen LogP contribution < -0.4 is 21.5 Å². The minimum Gasteiger partial charge on any atom is -0.444 e. The van der Waals surface area contributed by atoms with E-state index in [0.29, 0.717) is 6.42 Å². The predicted octanol–water partition coefficient (Wildman–Crippen LogP) is 2.44. The molecule has 0 saturated carbocycles. The van der Waals surface area contributed by atoms with Gasteiger partial charge in [0.15, 0.2) is 0 Å². The molecule has 1 aliphatic heterocycles. The van der Waals surface area contributed by atoms with Crippen LogP contribution >= 0.6 is 0 Å². The summed E-state index contributed by atoms with van der Waals surface area (Å²) in [5.74, 6) is -1.07. The topological polar surface area (TPSA) is 124 Å². The molecule has 3 amide bonds. The van der Waals surface area contributed by atoms with E-state index in [9.17, 15) is 14.4 Å². The molecule has 5 N–H and O–H groups in total. The van der Waals surface area contributed by atoms with Crippen LogP contribution in [0.2, 0.25) is 0 Å². The Balaban J connectivity index is 1.62. The maximum Gasteiger partial charge on any atom is 0.408 e. The van der Waals surface area contributed by atoms with Crippen molar-refractivity contribution in [1.29, 1.82) is 0 Å². The van der Waals surface area contributed by atoms with Crippen molar-refractivity contribution in [2.24, 2.45) is 5.92 Å². The minimum absolute atomic E-state index is 0.0464. The predicted molar refractivity (Wildman–Crippen MR) is 122 cm³/mol. The van der Waals surface area contributed by atoms with Gasteiger partial charge in [-0.15, -0.1) is 0 Å². The molecular formula is C23H33N5O4. The molecule has 174 valence electrons. The molecule has 0 fully saturated rings. The number of hydrazine groups is 1. The monoisotopic (exact) mass is 443 g/mol. The van der Waals surface area contributed by atoms with E-state index >= 15 is 0 Å². The number of alkyl carbamates (subject to hydrolysis) is 1. The number of hydrogen-bond donors (Lipinski definition) is 5. The summed E-state index contributed by atoms with van der Waals surface area (Å²) in [5, 5.41) is 6.95. The van der Waals surface area contributed by atoms with Crippen molar-refractivity contribution < 1.29 is 19.1 Å². The Morgan fingerprint density at radius 3 is 2.47 bits per heavy atom. The van der Waals surface area contributed by atoms with Gasteiger partial charge in [-0.05, 0) is 51.7 Å². The molecule has 1 aromatic carbocycles. The van der Waals surface area contributed by atoms with Crippen molar-refractivity contribution in [2.45, 2.75) is 71.7 Å². The largest absolute Gasteiger partial charge is 0.444 e. The number of carbonyl (C=O) groups excluding carboxylic acids is 3. The zero-order valence-corrected chi connectivity index (χ0v) is 19.5. The van der Waals surface area contributed by atoms with Crippen LogP contribution in [-0.2, 0) is 20.7 Å². The molecule has 0 radical (unpaired) electrons. The van der Waals surface area contributed by atoms with E-state index in [2.05, 4.69) is 26.5 Å². The summed E-state index contributed by atoms with van der Waals surface area (Å²) in [5.41, 5.74) is 7.47. The van der Waals surface area contributed by atoms with E-state index in [4.69, 9.17) is 4.74 Å². The summed E-state index contributed by atoms with van der Waals surface area (Å²) in [7, 11) is 0. The van der Waals surface area contributed by atoms with Gasteiger partial charge in [0.1, 0.15) is 11.6 Å². The van der Waals surface area contributed by atoms with Crippen molar-refractivity contribution in [3.63, 3.8) is 0 Å². The van der Waals surface area contributed by atoms with Crippen LogP contribution in [0, 0.1) is 5.92 Å². The first-order valence-corrected chi connectivity index (χ1v) is 10.9. The van der Waals surface area contributed by atoms with Gasteiger partial charge in [-0.2, -0.15) is 0 Å². The van der Waals surface area contributed by atoms with E-state index in [1.165, 1.54) is 0 Å². The lowest BCUT2D eigenvalue weighted by atomic mass is 9.94. The summed E-state index contributed by atoms with van der Waals surface area (Å²) in [6.07, 6.45) is -0.192. The van der Waals surface area contributed by atoms with E-state index in [0.717, 1.165) is 22.2 Å². The number of carbonyl (C=O) groups is 3. The van der Waals surface area contributed by atoms with Crippen LogP contribution in [0.4, 0.5) is 4.79 Å². The Bertz CT molecular complexity index is 1010. The van der Waals surface area contributed by atoms with Gasteiger partial charge >= 0.3 is 6.09 Å². The molecule has 3 rings (SSSR count). The standard InChI is InChI=1S/C23H33N5O4/c1-12(2)18(26-22(31)32-23(4,5)6)21(30)28-27-20(29)17-11-15-14-9-7-8-10-16(14)25-19(15)13(3)24-17/h7-10,12-13,17-18,24-25H,11H2,1-6H3,(H,26,31)(H,27,29)(H,28,30)/t13-,17-,18-/m0/s1. The molecule has 1 aliphatic rings. The lowest BCUT2D eigenvalue weighted by Crippen LogP contribution is -2.58. The van der Waals surface area contributed by atoms with E-state index < -0.39 is 29.7 Å². The van der Waals surface area contributed by atoms with Crippen LogP contribution in [0.5, 0.6) is 0 Å². The van der Waals surface area contributed by atoms with E-state index in [1.54, 1.807) is 34.6 Å². The number of aromatic nitrogens is 1. The van der Waals surface area contributed by atoms with Crippen LogP contribution in [0.1, 0.15) is 58.8 Å². The third kappa shape index (κ3) is 5.40. The maximum atomic E-state index is 12.8. The highest BCUT2D eigenvalue weighted by Gasteiger charge is 2.32. The fourth-order valence-electron chi connectivity index (χ4n) is 3.88. The van der Waals surface area contributed by atoms with E-state index in [-0.39, 0.29) is 17.9 Å². The SMILES string of the molecule is CC(C)[C@H](NC(=O)OC(C)(C)C)C(=O)NNC(=O)[C@@H]1Cc2c([nH]c3ccccc23)[C@H](C)N1. The molecule has 32 heavy (non-hydrogen) atoms. The minimum atomic E-state index is -0.858. The number of para-hydroxylation sites is 1. The number of aromatic amines is 1. The van der Waals surface area contributed by atoms with Crippen LogP contribution in [0.25, 0.3) is 10.9 Å². The zero-order chi connectivity index (χ0) is 23.6. The lowest BCUT2D eigenvalue weighted by molar-refractivity contribution is -0.131. The molecule has 3 atom stereocenters. The lowest BCUT2D eigenvalue weighted by Gasteiger charge is -2.29. The molecule has 0 spiro atoms. The molecule has 0 aliphatic carbocycles. The fourth-order valence-corrected chi connectivity index (χ4v) is 3.88. The van der Waals surface area contributed by atoms with Crippen LogP contribution in [0.3, 0.4) is 0 Å². The summed E-state index contributed by atoms with van der Waals surface area (Å²) in [6, 6.07) is 6.58. The summed E-state index contributed by atoms with van der Waals surface area (Å²) >= 11 is 0. The molecule has 0 bridgehead atoms. The molecule has 2 aromatic rings. The van der Waals surface area contributed by atoms with Gasteiger partial charge in [0, 0.05) is 22.6 Å². The molecule has 0 saturated heterocycles. The van der Waals surface area contributed by atoms with Gasteiger partial charge in [0.25, 0.3) is 11.8 Å². The van der Waals surface area contributed by atoms with Crippen molar-refractivity contribution in [2.75, 3.05) is 0 Å². The number of hydrogen-bond acceptors (Lipinski definition) is 5. The Kier molecular flexibility index (Phi) is 6.78. The Morgan fingerprint density at radius 2 is 1.81 bits per heavy atom. The first-order chi connectivity index (χ1) is 15.0. The maximum absolute atomic E-state index is 12.8. The van der Waals surface area contributed by atoms with Crippen molar-refractivity contribution >= 4 is 28.8 Å². The summed E-state index contributed by atoms with van der Waals surface area (Å²) in [6.45, 7) is 10.8. The number of rotatable bonds is 4. The van der Waals surface area contributed by atoms with Crippen molar-refractivity contribution in [1.82, 2.24) is 26.5 Å². The summed E-state index contributed by atoms with van der Waals surface area (Å²) in [4.78, 5) is 41.0. The zero-order valence-electron chi connectivity index (χ0n) is 19.5. The first kappa shape index (κ1) is 23.6. The van der Waals surface area contributed by atoms with Crippen LogP contribution in [-0.4, -0.2) is 40.6 Å². The fraction of sp³-hybridized carbons (Fsp3) is 0.522. The number of benzene rings is 1. The smallest absolute Gasteiger partial charge is 0.408 e. The Morgan fingerprint density at radius 1 is 1.12 bits per heavy atom. The van der Waals surface area contributed by atoms with Gasteiger partial charge in [0.2, 0.25) is 0 Å². The highest BCUT2D eigenvalue weighted by atomic mass is 16.6. The normalized spacial score (nSPS) is 19.2. The number of ether oxygens (including phenoxy) is 1. The second-order valence-corrected chi connectivity index (χ2v) is 9.55. The van der Waals surface area contributed by atoms with E-state index in [1.807, 2.05) is 31.2 Å². The van der Waals surface area contributed by atoms with Gasteiger partial charge in [0.05, 0.1) is 6.04 Å². The van der Waals surface area contributed by atoms with Crippen molar-refractivity contribution in [3.8, 4) is 0 Å². The van der Waals surface area contributed by atoms with Crippen LogP contribution in [0.15, 0.2) is 24.3 Å². The Hall–Kier alpha value is -3.07. The molecular weight excluding hydrogens is 410 g/mol. The van der Waals surface area contributed by atoms with Gasteiger partial charge in [-0.3, -0.25) is 25.8 Å². The number of fused-ring (bicyclic) bond motifs is 3. The second-order valence-electron chi connectivity index (χ2n) is 9.55. The highest BCUT2D eigenvalue weighted by Crippen LogP contribution is 2.31. The second kappa shape index (κ2) is 9.20. The summed E-state index contributed by atoms with van der Waals surface area (Å²) < 4.78 is 5.23. The van der Waals surface area contributed by atoms with Crippen molar-refractivity contribution in [3.05, 3.63) is 35.5 Å². The third-order valence-corrected chi connectivity index (χ3v) is 5.39. The Labute approximate surface area is 188 Å². The quantitative estimate of drug-likeness (QED) is 0.464. The van der Waals surface area contributed by atoms with Gasteiger partial charge in [-0.25, -0.2) is 4.79 Å². The molecule has 9 heteroatoms. The molecule has 9 nitrogen and oxygen atoms in total. The molecule has 1 aromatic heterocycles. The number of amides is 3. The average molecular weight is 444 g/mol. The molecule has 2 heterocycles.